The van der Waals surface area contributed by atoms with Crippen LogP contribution in [0.15, 0.2) is 0 Å². The van der Waals surface area contributed by atoms with Crippen LogP contribution in [0.4, 0.5) is 0 Å². The first-order valence-corrected chi connectivity index (χ1v) is 17.1. The summed E-state index contributed by atoms with van der Waals surface area (Å²) >= 11 is 0. The molecule has 47 heavy (non-hydrogen) atoms. The number of rotatable bonds is 7. The van der Waals surface area contributed by atoms with Gasteiger partial charge in [-0.25, -0.2) is 4.79 Å². The normalized spacial score (nSPS) is 56.9. The van der Waals surface area contributed by atoms with E-state index in [1.165, 1.54) is 6.92 Å². The third-order valence-electron chi connectivity index (χ3n) is 15.6. The van der Waals surface area contributed by atoms with E-state index >= 15 is 4.79 Å². The minimum absolute atomic E-state index is 0.00281. The molecular weight excluding hydrogens is 612 g/mol. The first kappa shape index (κ1) is 32.1. The Balaban J connectivity index is 1.21. The van der Waals surface area contributed by atoms with Crippen LogP contribution >= 0.6 is 0 Å². The molecule has 8 rings (SSSR count). The highest BCUT2D eigenvalue weighted by molar-refractivity contribution is 5.94. The van der Waals surface area contributed by atoms with E-state index in [2.05, 4.69) is 6.92 Å². The van der Waals surface area contributed by atoms with Gasteiger partial charge in [0.2, 0.25) is 11.4 Å². The van der Waals surface area contributed by atoms with Gasteiger partial charge < -0.3 is 37.9 Å². The van der Waals surface area contributed by atoms with Crippen molar-refractivity contribution in [2.24, 2.45) is 52.3 Å². The van der Waals surface area contributed by atoms with Gasteiger partial charge in [-0.3, -0.25) is 14.4 Å². The zero-order valence-electron chi connectivity index (χ0n) is 29.1. The number of methoxy groups -OCH3 is 1. The van der Waals surface area contributed by atoms with E-state index in [1.54, 1.807) is 7.11 Å². The molecule has 6 aliphatic heterocycles. The van der Waals surface area contributed by atoms with Gasteiger partial charge in [0.25, 0.3) is 0 Å². The lowest BCUT2D eigenvalue weighted by Crippen LogP contribution is -2.73. The van der Waals surface area contributed by atoms with Gasteiger partial charge in [-0.1, -0.05) is 34.6 Å². The average Bonchev–Trinajstić information content (AvgIpc) is 3.72. The van der Waals surface area contributed by atoms with Crippen LogP contribution in [0, 0.1) is 52.3 Å². The molecule has 12 nitrogen and oxygen atoms in total. The largest absolute Gasteiger partial charge is 0.465 e. The Morgan fingerprint density at radius 2 is 1.64 bits per heavy atom. The van der Waals surface area contributed by atoms with Crippen molar-refractivity contribution in [3.8, 4) is 0 Å². The predicted molar refractivity (Wildman–Crippen MR) is 159 cm³/mol. The molecule has 0 aromatic rings. The fraction of sp³-hybridized carbons (Fsp3) is 0.886. The zero-order chi connectivity index (χ0) is 34.1. The molecule has 2 saturated carbocycles. The smallest absolute Gasteiger partial charge is 0.353 e. The number of fused-ring (bicyclic) bond motifs is 4. The predicted octanol–water partition coefficient (Wildman–Crippen LogP) is 2.97. The molecule has 2 spiro atoms. The van der Waals surface area contributed by atoms with Crippen LogP contribution in [-0.2, 0) is 57.1 Å². The number of ether oxygens (including phenoxy) is 8. The molecule has 0 unspecified atom stereocenters. The Morgan fingerprint density at radius 3 is 2.23 bits per heavy atom. The lowest BCUT2D eigenvalue weighted by atomic mass is 9.43. The summed E-state index contributed by atoms with van der Waals surface area (Å²) in [6.45, 7) is 17.1. The first-order valence-electron chi connectivity index (χ1n) is 17.1. The highest BCUT2D eigenvalue weighted by Crippen LogP contribution is 2.79. The molecule has 0 aromatic carbocycles. The summed E-state index contributed by atoms with van der Waals surface area (Å²) in [5.74, 6) is -6.20. The van der Waals surface area contributed by atoms with Crippen molar-refractivity contribution < 1.29 is 57.1 Å². The van der Waals surface area contributed by atoms with E-state index in [0.717, 1.165) is 0 Å². The molecule has 260 valence electrons. The standard InChI is InChI=1S/C35H48O12/c1-16-25(42-15-40-10)30(8)20(13-41-19(4)36)22-24(37)23-21-14-43-35(18(3)34(23,47-31(21,35)9)17(2)33(16,22)46-30)45-27(39)32-12-11-29(7,26(38)44-32)28(32,5)6/h16-18,20-23,25H,11-15H2,1-10H3/t16-,17+,18-,20-,21+,22+,23-,25+,29-,30+,31-,32+,33-,34-,35+/m0/s1. The van der Waals surface area contributed by atoms with Crippen molar-refractivity contribution in [2.45, 2.75) is 115 Å². The number of carbonyl (C=O) groups excluding carboxylic acids is 4. The number of esters is 3. The van der Waals surface area contributed by atoms with Gasteiger partial charge in [-0.2, -0.15) is 0 Å². The minimum atomic E-state index is -1.52. The van der Waals surface area contributed by atoms with Gasteiger partial charge in [0.05, 0.1) is 59.3 Å². The van der Waals surface area contributed by atoms with Crippen LogP contribution in [0.2, 0.25) is 0 Å². The van der Waals surface area contributed by atoms with Crippen molar-refractivity contribution in [3.05, 3.63) is 0 Å². The maximum absolute atomic E-state index is 15.2. The van der Waals surface area contributed by atoms with Crippen molar-refractivity contribution >= 4 is 23.7 Å². The molecule has 12 heteroatoms. The monoisotopic (exact) mass is 660 g/mol. The van der Waals surface area contributed by atoms with Crippen LogP contribution in [0.3, 0.4) is 0 Å². The molecule has 15 atom stereocenters. The Hall–Kier alpha value is -2.12. The fourth-order valence-electron chi connectivity index (χ4n) is 12.8. The molecule has 8 fully saturated rings. The Labute approximate surface area is 275 Å². The summed E-state index contributed by atoms with van der Waals surface area (Å²) in [5.41, 5.74) is -7.30. The highest BCUT2D eigenvalue weighted by atomic mass is 16.8. The fourth-order valence-corrected chi connectivity index (χ4v) is 12.8. The topological polar surface area (TPSA) is 142 Å². The van der Waals surface area contributed by atoms with Crippen LogP contribution in [0.25, 0.3) is 0 Å². The average molecular weight is 661 g/mol. The molecule has 0 amide bonds. The maximum Gasteiger partial charge on any atom is 0.353 e. The lowest BCUT2D eigenvalue weighted by Gasteiger charge is -2.59. The SMILES string of the molecule is COCO[C@@H]1[C@H](C)[C@@]23O[C@]1(C)[C@@H](COC(C)=O)[C@@H]2C(=O)[C@@H]1[C@H]2CO[C@@]4(OC(=O)[C@@]56CC[C@@](C)(C(=O)O5)C6(C)C)[C@@H](C)[C@@]1(O[C@@]24C)[C@@H]3C. The maximum atomic E-state index is 15.2. The molecular formula is C35H48O12. The summed E-state index contributed by atoms with van der Waals surface area (Å²) in [6, 6.07) is 0. The number of hydrogen-bond acceptors (Lipinski definition) is 12. The van der Waals surface area contributed by atoms with Gasteiger partial charge in [0.1, 0.15) is 18.2 Å². The van der Waals surface area contributed by atoms with Gasteiger partial charge in [0.15, 0.2) is 0 Å². The third-order valence-corrected chi connectivity index (χ3v) is 15.6. The van der Waals surface area contributed by atoms with Crippen LogP contribution < -0.4 is 0 Å². The zero-order valence-corrected chi connectivity index (χ0v) is 29.1. The van der Waals surface area contributed by atoms with E-state index < -0.39 is 98.2 Å². The number of hydrogen-bond donors (Lipinski definition) is 0. The molecule has 0 aromatic heterocycles. The van der Waals surface area contributed by atoms with Crippen molar-refractivity contribution in [1.29, 1.82) is 0 Å². The summed E-state index contributed by atoms with van der Waals surface area (Å²) in [4.78, 5) is 54.7. The van der Waals surface area contributed by atoms with Gasteiger partial charge in [-0.05, 0) is 33.6 Å². The van der Waals surface area contributed by atoms with Crippen molar-refractivity contribution in [2.75, 3.05) is 27.1 Å². The molecule has 0 radical (unpaired) electrons. The Morgan fingerprint density at radius 1 is 0.936 bits per heavy atom. The summed E-state index contributed by atoms with van der Waals surface area (Å²) in [5, 5.41) is 0. The van der Waals surface area contributed by atoms with Gasteiger partial charge >= 0.3 is 17.9 Å². The third kappa shape index (κ3) is 2.97. The molecule has 6 bridgehead atoms. The molecule has 6 heterocycles. The molecule has 0 N–H and O–H groups in total. The van der Waals surface area contributed by atoms with Crippen molar-refractivity contribution in [3.63, 3.8) is 0 Å². The van der Waals surface area contributed by atoms with E-state index in [-0.39, 0.29) is 37.6 Å². The first-order chi connectivity index (χ1) is 21.8. The molecule has 6 saturated heterocycles. The van der Waals surface area contributed by atoms with Gasteiger partial charge in [-0.15, -0.1) is 0 Å². The second-order valence-corrected chi connectivity index (χ2v) is 16.8. The Bertz CT molecular complexity index is 1490. The van der Waals surface area contributed by atoms with Crippen LogP contribution in [-0.4, -0.2) is 90.7 Å². The number of ketones is 1. The van der Waals surface area contributed by atoms with Crippen LogP contribution in [0.1, 0.15) is 75.2 Å². The summed E-state index contributed by atoms with van der Waals surface area (Å²) < 4.78 is 50.6. The highest BCUT2D eigenvalue weighted by Gasteiger charge is 2.93. The van der Waals surface area contributed by atoms with E-state index in [0.29, 0.717) is 12.8 Å². The van der Waals surface area contributed by atoms with E-state index in [1.807, 2.05) is 48.5 Å². The number of carbonyl (C=O) groups is 4. The van der Waals surface area contributed by atoms with E-state index in [9.17, 15) is 14.4 Å². The Kier molecular flexibility index (Phi) is 6.12. The minimum Gasteiger partial charge on any atom is -0.465 e. The van der Waals surface area contributed by atoms with Gasteiger partial charge in [0, 0.05) is 43.1 Å². The number of Topliss-reactive ketones (excluding diaryl/α,β-unsaturated/α-hetero) is 1. The second-order valence-electron chi connectivity index (χ2n) is 16.8. The summed E-state index contributed by atoms with van der Waals surface area (Å²) in [7, 11) is 1.55. The van der Waals surface area contributed by atoms with E-state index in [4.69, 9.17) is 37.9 Å². The lowest BCUT2D eigenvalue weighted by molar-refractivity contribution is -0.270. The molecule has 8 aliphatic rings. The molecule has 2 aliphatic carbocycles. The van der Waals surface area contributed by atoms with Crippen LogP contribution in [0.5, 0.6) is 0 Å². The second kappa shape index (κ2) is 8.96. The van der Waals surface area contributed by atoms with Crippen molar-refractivity contribution in [1.82, 2.24) is 0 Å². The quantitative estimate of drug-likeness (QED) is 0.225. The summed E-state index contributed by atoms with van der Waals surface area (Å²) in [6.07, 6.45) is 0.419.